The number of hydrogen-bond acceptors (Lipinski definition) is 3. The van der Waals surface area contributed by atoms with Crippen molar-refractivity contribution >= 4 is 6.09 Å². The van der Waals surface area contributed by atoms with Crippen molar-refractivity contribution in [2.75, 3.05) is 13.2 Å². The molecule has 0 rings (SSSR count). The van der Waals surface area contributed by atoms with Gasteiger partial charge in [0, 0.05) is 6.54 Å². The number of ether oxygens (including phenoxy) is 1. The van der Waals surface area contributed by atoms with Crippen LogP contribution in [0.5, 0.6) is 0 Å². The molecule has 0 aliphatic rings. The summed E-state index contributed by atoms with van der Waals surface area (Å²) in [6.45, 7) is 8.39. The SMILES string of the molecule is CCC(O)(CC)CNC(=O)OCC(C)C. The van der Waals surface area contributed by atoms with E-state index < -0.39 is 11.7 Å². The molecular weight excluding hydrogens is 194 g/mol. The van der Waals surface area contributed by atoms with Gasteiger partial charge in [0.25, 0.3) is 0 Å². The van der Waals surface area contributed by atoms with Gasteiger partial charge in [-0.1, -0.05) is 27.7 Å². The predicted molar refractivity (Wildman–Crippen MR) is 59.7 cm³/mol. The van der Waals surface area contributed by atoms with Crippen molar-refractivity contribution in [2.24, 2.45) is 5.92 Å². The second kappa shape index (κ2) is 6.67. The molecule has 0 aromatic carbocycles. The maximum atomic E-state index is 11.2. The van der Waals surface area contributed by atoms with E-state index in [0.717, 1.165) is 0 Å². The van der Waals surface area contributed by atoms with E-state index in [9.17, 15) is 9.90 Å². The molecule has 4 heteroatoms. The zero-order valence-electron chi connectivity index (χ0n) is 10.2. The molecule has 0 aromatic heterocycles. The molecule has 90 valence electrons. The van der Waals surface area contributed by atoms with Gasteiger partial charge in [0.15, 0.2) is 0 Å². The minimum atomic E-state index is -0.809. The maximum Gasteiger partial charge on any atom is 0.407 e. The molecule has 0 spiro atoms. The number of rotatable bonds is 6. The molecule has 0 bridgehead atoms. The molecule has 15 heavy (non-hydrogen) atoms. The van der Waals surface area contributed by atoms with Crippen LogP contribution in [-0.2, 0) is 4.74 Å². The molecule has 0 fully saturated rings. The Morgan fingerprint density at radius 2 is 1.93 bits per heavy atom. The number of carbonyl (C=O) groups excluding carboxylic acids is 1. The number of carbonyl (C=O) groups is 1. The van der Waals surface area contributed by atoms with E-state index in [0.29, 0.717) is 25.4 Å². The Hall–Kier alpha value is -0.770. The molecule has 4 nitrogen and oxygen atoms in total. The van der Waals surface area contributed by atoms with E-state index >= 15 is 0 Å². The lowest BCUT2D eigenvalue weighted by molar-refractivity contribution is 0.0304. The van der Waals surface area contributed by atoms with Crippen molar-refractivity contribution in [3.8, 4) is 0 Å². The van der Waals surface area contributed by atoms with Crippen LogP contribution in [-0.4, -0.2) is 30.0 Å². The summed E-state index contributed by atoms with van der Waals surface area (Å²) in [5, 5.41) is 12.5. The number of amides is 1. The smallest absolute Gasteiger partial charge is 0.407 e. The Kier molecular flexibility index (Phi) is 6.32. The van der Waals surface area contributed by atoms with Crippen LogP contribution in [0.2, 0.25) is 0 Å². The van der Waals surface area contributed by atoms with E-state index in [4.69, 9.17) is 4.74 Å². The molecule has 0 heterocycles. The average molecular weight is 217 g/mol. The van der Waals surface area contributed by atoms with Crippen molar-refractivity contribution < 1.29 is 14.6 Å². The molecule has 0 atom stereocenters. The van der Waals surface area contributed by atoms with Gasteiger partial charge in [-0.3, -0.25) is 0 Å². The second-order valence-electron chi connectivity index (χ2n) is 4.28. The van der Waals surface area contributed by atoms with Gasteiger partial charge >= 0.3 is 6.09 Å². The topological polar surface area (TPSA) is 58.6 Å². The molecule has 0 saturated carbocycles. The largest absolute Gasteiger partial charge is 0.449 e. The average Bonchev–Trinajstić information content (AvgIpc) is 2.23. The molecule has 0 unspecified atom stereocenters. The van der Waals surface area contributed by atoms with E-state index in [-0.39, 0.29) is 6.54 Å². The Balaban J connectivity index is 3.79. The normalized spacial score (nSPS) is 11.6. The van der Waals surface area contributed by atoms with E-state index in [2.05, 4.69) is 5.32 Å². The van der Waals surface area contributed by atoms with Gasteiger partial charge in [-0.25, -0.2) is 4.79 Å². The standard InChI is InChI=1S/C11H23NO3/c1-5-11(14,6-2)8-12-10(13)15-7-9(3)4/h9,14H,5-8H2,1-4H3,(H,12,13). The first-order chi connectivity index (χ1) is 6.93. The fourth-order valence-electron chi connectivity index (χ4n) is 1.03. The summed E-state index contributed by atoms with van der Waals surface area (Å²) in [5.74, 6) is 0.326. The first-order valence-corrected chi connectivity index (χ1v) is 5.56. The Morgan fingerprint density at radius 1 is 1.40 bits per heavy atom. The number of alkyl carbamates (subject to hydrolysis) is 1. The van der Waals surface area contributed by atoms with Gasteiger partial charge in [0.05, 0.1) is 12.2 Å². The first kappa shape index (κ1) is 14.2. The molecule has 0 saturated heterocycles. The van der Waals surface area contributed by atoms with Crippen molar-refractivity contribution in [3.63, 3.8) is 0 Å². The zero-order valence-corrected chi connectivity index (χ0v) is 10.2. The van der Waals surface area contributed by atoms with Crippen LogP contribution in [0.25, 0.3) is 0 Å². The Morgan fingerprint density at radius 3 is 2.33 bits per heavy atom. The summed E-state index contributed by atoms with van der Waals surface area (Å²) >= 11 is 0. The highest BCUT2D eigenvalue weighted by Gasteiger charge is 2.22. The van der Waals surface area contributed by atoms with Gasteiger partial charge < -0.3 is 15.2 Å². The van der Waals surface area contributed by atoms with Gasteiger partial charge in [0.2, 0.25) is 0 Å². The lowest BCUT2D eigenvalue weighted by atomic mass is 9.98. The van der Waals surface area contributed by atoms with Gasteiger partial charge in [-0.2, -0.15) is 0 Å². The van der Waals surface area contributed by atoms with Crippen molar-refractivity contribution in [1.29, 1.82) is 0 Å². The first-order valence-electron chi connectivity index (χ1n) is 5.56. The Labute approximate surface area is 92.0 Å². The molecule has 1 amide bonds. The predicted octanol–water partition coefficient (Wildman–Crippen LogP) is 1.92. The summed E-state index contributed by atoms with van der Waals surface area (Å²) in [6, 6.07) is 0. The van der Waals surface area contributed by atoms with Crippen LogP contribution in [0.1, 0.15) is 40.5 Å². The van der Waals surface area contributed by atoms with Crippen LogP contribution in [0, 0.1) is 5.92 Å². The molecule has 0 aromatic rings. The molecule has 2 N–H and O–H groups in total. The third-order valence-electron chi connectivity index (χ3n) is 2.43. The highest BCUT2D eigenvalue weighted by atomic mass is 16.5. The van der Waals surface area contributed by atoms with Gasteiger partial charge in [-0.15, -0.1) is 0 Å². The van der Waals surface area contributed by atoms with Crippen LogP contribution in [0.3, 0.4) is 0 Å². The molecule has 0 radical (unpaired) electrons. The molecule has 0 aliphatic heterocycles. The highest BCUT2D eigenvalue weighted by molar-refractivity contribution is 5.67. The number of nitrogens with one attached hydrogen (secondary N) is 1. The minimum Gasteiger partial charge on any atom is -0.449 e. The monoisotopic (exact) mass is 217 g/mol. The Bertz CT molecular complexity index is 188. The van der Waals surface area contributed by atoms with E-state index in [1.165, 1.54) is 0 Å². The van der Waals surface area contributed by atoms with Crippen molar-refractivity contribution in [1.82, 2.24) is 5.32 Å². The lowest BCUT2D eigenvalue weighted by Crippen LogP contribution is -2.42. The molecular formula is C11H23NO3. The third kappa shape index (κ3) is 6.33. The number of hydrogen-bond donors (Lipinski definition) is 2. The number of aliphatic hydroxyl groups is 1. The van der Waals surface area contributed by atoms with Gasteiger partial charge in [0.1, 0.15) is 0 Å². The van der Waals surface area contributed by atoms with Gasteiger partial charge in [-0.05, 0) is 18.8 Å². The summed E-state index contributed by atoms with van der Waals surface area (Å²) in [4.78, 5) is 11.2. The summed E-state index contributed by atoms with van der Waals surface area (Å²) < 4.78 is 4.93. The quantitative estimate of drug-likeness (QED) is 0.714. The summed E-state index contributed by atoms with van der Waals surface area (Å²) in [7, 11) is 0. The maximum absolute atomic E-state index is 11.2. The fourth-order valence-corrected chi connectivity index (χ4v) is 1.03. The fraction of sp³-hybridized carbons (Fsp3) is 0.909. The summed E-state index contributed by atoms with van der Waals surface area (Å²) in [5.41, 5.74) is -0.809. The van der Waals surface area contributed by atoms with E-state index in [1.54, 1.807) is 0 Å². The highest BCUT2D eigenvalue weighted by Crippen LogP contribution is 2.12. The second-order valence-corrected chi connectivity index (χ2v) is 4.28. The van der Waals surface area contributed by atoms with Crippen molar-refractivity contribution in [3.05, 3.63) is 0 Å². The van der Waals surface area contributed by atoms with Crippen LogP contribution < -0.4 is 5.32 Å². The third-order valence-corrected chi connectivity index (χ3v) is 2.43. The van der Waals surface area contributed by atoms with E-state index in [1.807, 2.05) is 27.7 Å². The molecule has 0 aliphatic carbocycles. The summed E-state index contributed by atoms with van der Waals surface area (Å²) in [6.07, 6.45) is 0.783. The van der Waals surface area contributed by atoms with Crippen LogP contribution in [0.4, 0.5) is 4.79 Å². The lowest BCUT2D eigenvalue weighted by Gasteiger charge is -2.25. The van der Waals surface area contributed by atoms with Crippen LogP contribution >= 0.6 is 0 Å². The van der Waals surface area contributed by atoms with Crippen molar-refractivity contribution in [2.45, 2.75) is 46.1 Å². The minimum absolute atomic E-state index is 0.247. The zero-order chi connectivity index (χ0) is 11.9. The van der Waals surface area contributed by atoms with Crippen LogP contribution in [0.15, 0.2) is 0 Å².